The molecule has 0 saturated heterocycles. The van der Waals surface area contributed by atoms with Crippen molar-refractivity contribution < 1.29 is 0 Å². The third kappa shape index (κ3) is 2.15. The topological polar surface area (TPSA) is 47.1 Å². The summed E-state index contributed by atoms with van der Waals surface area (Å²) in [6.07, 6.45) is 1.79. The molecular formula is C12H15BrN4. The average molecular weight is 295 g/mol. The van der Waals surface area contributed by atoms with Crippen molar-refractivity contribution in [2.24, 2.45) is 7.05 Å². The van der Waals surface area contributed by atoms with Crippen molar-refractivity contribution in [2.45, 2.75) is 0 Å². The molecule has 1 aromatic carbocycles. The zero-order valence-corrected chi connectivity index (χ0v) is 11.7. The Kier molecular flexibility index (Phi) is 3.11. The highest BCUT2D eigenvalue weighted by Gasteiger charge is 2.10. The number of nitrogen functional groups attached to an aromatic ring is 1. The van der Waals surface area contributed by atoms with Gasteiger partial charge in [-0.15, -0.1) is 0 Å². The molecule has 5 heteroatoms. The summed E-state index contributed by atoms with van der Waals surface area (Å²) in [5.41, 5.74) is 9.12. The Bertz CT molecular complexity index is 545. The number of anilines is 2. The lowest BCUT2D eigenvalue weighted by Gasteiger charge is -2.15. The molecule has 0 aliphatic rings. The van der Waals surface area contributed by atoms with Crippen LogP contribution in [0.5, 0.6) is 0 Å². The Morgan fingerprint density at radius 1 is 1.35 bits per heavy atom. The fraction of sp³-hybridized carbons (Fsp3) is 0.250. The molecule has 4 nitrogen and oxygen atoms in total. The van der Waals surface area contributed by atoms with Crippen LogP contribution in [0.1, 0.15) is 0 Å². The van der Waals surface area contributed by atoms with Crippen molar-refractivity contribution in [1.29, 1.82) is 0 Å². The minimum atomic E-state index is 0.678. The molecule has 1 heterocycles. The number of rotatable bonds is 2. The van der Waals surface area contributed by atoms with Gasteiger partial charge in [0.15, 0.2) is 0 Å². The second kappa shape index (κ2) is 4.41. The van der Waals surface area contributed by atoms with Crippen molar-refractivity contribution in [3.63, 3.8) is 0 Å². The van der Waals surface area contributed by atoms with E-state index >= 15 is 0 Å². The molecule has 0 spiro atoms. The van der Waals surface area contributed by atoms with Gasteiger partial charge in [0.25, 0.3) is 0 Å². The van der Waals surface area contributed by atoms with Crippen LogP contribution in [0.3, 0.4) is 0 Å². The molecule has 0 bridgehead atoms. The standard InChI is InChI=1S/C12H15BrN4/c1-16(2)11-6-8(4-5-10(11)13)9-7-15-17(3)12(9)14/h4-7H,14H2,1-3H3. The van der Waals surface area contributed by atoms with E-state index < -0.39 is 0 Å². The van der Waals surface area contributed by atoms with Gasteiger partial charge in [0.05, 0.1) is 11.9 Å². The molecule has 2 rings (SSSR count). The molecule has 0 radical (unpaired) electrons. The highest BCUT2D eigenvalue weighted by atomic mass is 79.9. The molecule has 1 aromatic heterocycles. The number of nitrogens with two attached hydrogens (primary N) is 1. The quantitative estimate of drug-likeness (QED) is 0.926. The van der Waals surface area contributed by atoms with Crippen molar-refractivity contribution in [2.75, 3.05) is 24.7 Å². The summed E-state index contributed by atoms with van der Waals surface area (Å²) >= 11 is 3.53. The molecule has 0 fully saturated rings. The van der Waals surface area contributed by atoms with Gasteiger partial charge in [0.1, 0.15) is 5.82 Å². The van der Waals surface area contributed by atoms with Gasteiger partial charge in [0, 0.05) is 31.2 Å². The zero-order chi connectivity index (χ0) is 12.6. The SMILES string of the molecule is CN(C)c1cc(-c2cnn(C)c2N)ccc1Br. The third-order valence-corrected chi connectivity index (χ3v) is 3.39. The fourth-order valence-electron chi connectivity index (χ4n) is 1.69. The van der Waals surface area contributed by atoms with Crippen molar-refractivity contribution >= 4 is 27.4 Å². The summed E-state index contributed by atoms with van der Waals surface area (Å²) in [6, 6.07) is 6.15. The molecule has 0 saturated carbocycles. The van der Waals surface area contributed by atoms with Gasteiger partial charge in [-0.3, -0.25) is 4.68 Å². The van der Waals surface area contributed by atoms with E-state index in [-0.39, 0.29) is 0 Å². The van der Waals surface area contributed by atoms with Crippen LogP contribution < -0.4 is 10.6 Å². The lowest BCUT2D eigenvalue weighted by Crippen LogP contribution is -2.09. The monoisotopic (exact) mass is 294 g/mol. The van der Waals surface area contributed by atoms with Crippen molar-refractivity contribution in [3.05, 3.63) is 28.9 Å². The number of hydrogen-bond acceptors (Lipinski definition) is 3. The van der Waals surface area contributed by atoms with Crippen LogP contribution in [-0.4, -0.2) is 23.9 Å². The summed E-state index contributed by atoms with van der Waals surface area (Å²) in [4.78, 5) is 2.06. The molecule has 90 valence electrons. The largest absolute Gasteiger partial charge is 0.383 e. The predicted octanol–water partition coefficient (Wildman–Crippen LogP) is 2.50. The lowest BCUT2D eigenvalue weighted by molar-refractivity contribution is 0.779. The highest BCUT2D eigenvalue weighted by Crippen LogP contribution is 2.32. The van der Waals surface area contributed by atoms with E-state index in [1.807, 2.05) is 33.3 Å². The zero-order valence-electron chi connectivity index (χ0n) is 10.1. The summed E-state index contributed by atoms with van der Waals surface area (Å²) in [5.74, 6) is 0.678. The van der Waals surface area contributed by atoms with Gasteiger partial charge in [-0.2, -0.15) is 5.10 Å². The molecule has 0 atom stereocenters. The first-order valence-electron chi connectivity index (χ1n) is 5.25. The van der Waals surface area contributed by atoms with Gasteiger partial charge < -0.3 is 10.6 Å². The second-order valence-electron chi connectivity index (χ2n) is 4.13. The van der Waals surface area contributed by atoms with E-state index in [1.165, 1.54) is 0 Å². The Morgan fingerprint density at radius 2 is 2.06 bits per heavy atom. The Balaban J connectivity index is 2.54. The number of halogens is 1. The Hall–Kier alpha value is -1.49. The van der Waals surface area contributed by atoms with E-state index in [1.54, 1.807) is 10.9 Å². The average Bonchev–Trinajstić information content (AvgIpc) is 2.60. The van der Waals surface area contributed by atoms with Crippen molar-refractivity contribution in [3.8, 4) is 11.1 Å². The number of benzene rings is 1. The van der Waals surface area contributed by atoms with Crippen LogP contribution in [0.2, 0.25) is 0 Å². The molecule has 0 aliphatic carbocycles. The minimum absolute atomic E-state index is 0.678. The van der Waals surface area contributed by atoms with Gasteiger partial charge in [-0.05, 0) is 33.6 Å². The first kappa shape index (κ1) is 12.0. The van der Waals surface area contributed by atoms with Crippen LogP contribution in [0, 0.1) is 0 Å². The Labute approximate surface area is 109 Å². The fourth-order valence-corrected chi connectivity index (χ4v) is 2.29. The van der Waals surface area contributed by atoms with Crippen LogP contribution in [-0.2, 0) is 7.05 Å². The van der Waals surface area contributed by atoms with E-state index in [2.05, 4.69) is 32.0 Å². The van der Waals surface area contributed by atoms with E-state index in [0.717, 1.165) is 21.3 Å². The first-order chi connectivity index (χ1) is 8.00. The highest BCUT2D eigenvalue weighted by molar-refractivity contribution is 9.10. The smallest absolute Gasteiger partial charge is 0.129 e. The minimum Gasteiger partial charge on any atom is -0.383 e. The normalized spacial score (nSPS) is 10.6. The molecule has 0 unspecified atom stereocenters. The summed E-state index contributed by atoms with van der Waals surface area (Å²) in [6.45, 7) is 0. The number of aromatic nitrogens is 2. The summed E-state index contributed by atoms with van der Waals surface area (Å²) in [5, 5.41) is 4.16. The number of hydrogen-bond donors (Lipinski definition) is 1. The maximum Gasteiger partial charge on any atom is 0.129 e. The molecule has 17 heavy (non-hydrogen) atoms. The van der Waals surface area contributed by atoms with Crippen LogP contribution in [0.15, 0.2) is 28.9 Å². The molecule has 0 aliphatic heterocycles. The number of aryl methyl sites for hydroxylation is 1. The van der Waals surface area contributed by atoms with E-state index in [0.29, 0.717) is 5.82 Å². The van der Waals surface area contributed by atoms with E-state index in [9.17, 15) is 0 Å². The first-order valence-corrected chi connectivity index (χ1v) is 6.04. The summed E-state index contributed by atoms with van der Waals surface area (Å²) < 4.78 is 2.74. The maximum absolute atomic E-state index is 5.97. The number of nitrogens with zero attached hydrogens (tertiary/aromatic N) is 3. The van der Waals surface area contributed by atoms with Gasteiger partial charge >= 0.3 is 0 Å². The molecule has 2 N–H and O–H groups in total. The molecule has 2 aromatic rings. The van der Waals surface area contributed by atoms with Crippen LogP contribution >= 0.6 is 15.9 Å². The van der Waals surface area contributed by atoms with Gasteiger partial charge in [-0.1, -0.05) is 6.07 Å². The van der Waals surface area contributed by atoms with Gasteiger partial charge in [0.2, 0.25) is 0 Å². The van der Waals surface area contributed by atoms with Crippen molar-refractivity contribution in [1.82, 2.24) is 9.78 Å². The van der Waals surface area contributed by atoms with Gasteiger partial charge in [-0.25, -0.2) is 0 Å². The molecule has 0 amide bonds. The second-order valence-corrected chi connectivity index (χ2v) is 4.98. The third-order valence-electron chi connectivity index (χ3n) is 2.72. The molecular weight excluding hydrogens is 280 g/mol. The van der Waals surface area contributed by atoms with E-state index in [4.69, 9.17) is 5.73 Å². The lowest BCUT2D eigenvalue weighted by atomic mass is 10.1. The van der Waals surface area contributed by atoms with Crippen LogP contribution in [0.4, 0.5) is 11.5 Å². The summed E-state index contributed by atoms with van der Waals surface area (Å²) in [7, 11) is 5.86. The maximum atomic E-state index is 5.97. The Morgan fingerprint density at radius 3 is 2.59 bits per heavy atom. The predicted molar refractivity (Wildman–Crippen MR) is 75.1 cm³/mol. The van der Waals surface area contributed by atoms with Crippen LogP contribution in [0.25, 0.3) is 11.1 Å².